The first-order valence-corrected chi connectivity index (χ1v) is 15.4. The van der Waals surface area contributed by atoms with Crippen molar-refractivity contribution < 1.29 is 23.3 Å². The number of rotatable bonds is 11. The molecule has 214 valence electrons. The van der Waals surface area contributed by atoms with Crippen molar-refractivity contribution in [2.45, 2.75) is 51.7 Å². The number of carbonyl (C=O) groups is 1. The average molecular weight is 588 g/mol. The Morgan fingerprint density at radius 2 is 2.05 bits per heavy atom. The van der Waals surface area contributed by atoms with Gasteiger partial charge in [-0.3, -0.25) is 9.36 Å². The minimum absolute atomic E-state index is 0.0738. The highest BCUT2D eigenvalue weighted by atomic mass is 32.5. The van der Waals surface area contributed by atoms with Crippen LogP contribution in [0.5, 0.6) is 5.75 Å². The van der Waals surface area contributed by atoms with E-state index in [1.54, 1.807) is 43.8 Å². The van der Waals surface area contributed by atoms with E-state index in [0.717, 1.165) is 0 Å². The summed E-state index contributed by atoms with van der Waals surface area (Å²) in [5.74, 6) is 3.26. The lowest BCUT2D eigenvalue weighted by Gasteiger charge is -2.27. The SMILES string of the molecule is C#C[C@H]1C[C@@H](CO[P@@](=S)(N[C@@H](C)C(=O)OC(C)C)Oc2ccccc2)O[C@H]1n1cnc2c(N(C)C)nc(N)nc21. The lowest BCUT2D eigenvalue weighted by Crippen LogP contribution is -2.36. The van der Waals surface area contributed by atoms with Gasteiger partial charge < -0.3 is 29.2 Å². The molecule has 5 atom stereocenters. The summed E-state index contributed by atoms with van der Waals surface area (Å²) in [6.07, 6.45) is 6.76. The maximum atomic E-state index is 12.5. The number of esters is 1. The molecule has 1 saturated heterocycles. The standard InChI is InChI=1S/C26H34N7O5PS/c1-7-18-13-20(37-24(18)33-15-28-21-22(32(5)6)29-26(27)30-23(21)33)14-35-39(40,38-19-11-9-8-10-12-19)31-17(4)25(34)36-16(2)3/h1,8-12,15-18,20,24H,13-14H2,2-6H3,(H,31,40)(H2,27,29,30)/t17-,18-,20-,24+,39-/m0/s1. The molecule has 0 unspecified atom stereocenters. The average Bonchev–Trinajstić information content (AvgIpc) is 3.50. The third-order valence-electron chi connectivity index (χ3n) is 5.98. The molecular formula is C26H34N7O5PS. The van der Waals surface area contributed by atoms with Gasteiger partial charge in [-0.05, 0) is 51.1 Å². The molecule has 2 aromatic heterocycles. The number of aromatic nitrogens is 4. The molecule has 0 spiro atoms. The fourth-order valence-corrected chi connectivity index (χ4v) is 6.63. The van der Waals surface area contributed by atoms with Crippen molar-refractivity contribution in [1.29, 1.82) is 0 Å². The van der Waals surface area contributed by atoms with Crippen molar-refractivity contribution >= 4 is 47.3 Å². The van der Waals surface area contributed by atoms with Gasteiger partial charge in [-0.15, -0.1) is 6.42 Å². The number of nitrogens with zero attached hydrogens (tertiary/aromatic N) is 5. The maximum Gasteiger partial charge on any atom is 0.323 e. The molecule has 3 N–H and O–H groups in total. The second-order valence-corrected chi connectivity index (χ2v) is 13.0. The summed E-state index contributed by atoms with van der Waals surface area (Å²) in [4.78, 5) is 27.5. The molecule has 0 bridgehead atoms. The number of hydrogen-bond donors (Lipinski definition) is 2. The smallest absolute Gasteiger partial charge is 0.323 e. The van der Waals surface area contributed by atoms with Crippen LogP contribution in [0.1, 0.15) is 33.4 Å². The molecular weight excluding hydrogens is 553 g/mol. The fraction of sp³-hybridized carbons (Fsp3) is 0.462. The number of terminal acetylenes is 1. The summed E-state index contributed by atoms with van der Waals surface area (Å²) in [5, 5.41) is 3.04. The van der Waals surface area contributed by atoms with Crippen LogP contribution in [-0.4, -0.2) is 64.4 Å². The van der Waals surface area contributed by atoms with E-state index in [0.29, 0.717) is 29.2 Å². The van der Waals surface area contributed by atoms with Gasteiger partial charge in [0.15, 0.2) is 23.2 Å². The van der Waals surface area contributed by atoms with Crippen molar-refractivity contribution in [1.82, 2.24) is 24.6 Å². The molecule has 12 nitrogen and oxygen atoms in total. The van der Waals surface area contributed by atoms with E-state index < -0.39 is 31.0 Å². The van der Waals surface area contributed by atoms with Gasteiger partial charge in [0.25, 0.3) is 0 Å². The number of hydrogen-bond acceptors (Lipinski definition) is 11. The molecule has 1 aliphatic rings. The molecule has 1 aliphatic heterocycles. The molecule has 40 heavy (non-hydrogen) atoms. The number of para-hydroxylation sites is 1. The second kappa shape index (κ2) is 12.5. The van der Waals surface area contributed by atoms with Gasteiger partial charge in [-0.25, -0.2) is 10.1 Å². The topological polar surface area (TPSA) is 139 Å². The van der Waals surface area contributed by atoms with Crippen LogP contribution in [0.25, 0.3) is 11.2 Å². The summed E-state index contributed by atoms with van der Waals surface area (Å²) >= 11 is 5.81. The van der Waals surface area contributed by atoms with Crippen LogP contribution >= 0.6 is 6.64 Å². The molecule has 0 saturated carbocycles. The zero-order valence-electron chi connectivity index (χ0n) is 23.1. The predicted molar refractivity (Wildman–Crippen MR) is 156 cm³/mol. The molecule has 0 radical (unpaired) electrons. The normalized spacial score (nSPS) is 21.1. The number of anilines is 2. The Hall–Kier alpha value is -3.27. The third kappa shape index (κ3) is 6.89. The van der Waals surface area contributed by atoms with Crippen molar-refractivity contribution in [3.8, 4) is 18.1 Å². The van der Waals surface area contributed by atoms with E-state index in [4.69, 9.17) is 42.5 Å². The number of benzene rings is 1. The van der Waals surface area contributed by atoms with Gasteiger partial charge in [0.2, 0.25) is 5.95 Å². The summed E-state index contributed by atoms with van der Waals surface area (Å²) in [5.41, 5.74) is 7.07. The number of fused-ring (bicyclic) bond motifs is 1. The van der Waals surface area contributed by atoms with Gasteiger partial charge in [0.1, 0.15) is 11.8 Å². The fourth-order valence-electron chi connectivity index (χ4n) is 4.20. The lowest BCUT2D eigenvalue weighted by atomic mass is 10.0. The first kappa shape index (κ1) is 29.7. The van der Waals surface area contributed by atoms with Crippen LogP contribution in [0.2, 0.25) is 0 Å². The number of ether oxygens (including phenoxy) is 2. The van der Waals surface area contributed by atoms with Crippen LogP contribution in [0.4, 0.5) is 11.8 Å². The van der Waals surface area contributed by atoms with E-state index in [1.165, 1.54) is 0 Å². The molecule has 3 heterocycles. The zero-order chi connectivity index (χ0) is 29.0. The Kier molecular flexibility index (Phi) is 9.28. The molecule has 0 amide bonds. The van der Waals surface area contributed by atoms with E-state index >= 15 is 0 Å². The van der Waals surface area contributed by atoms with Gasteiger partial charge >= 0.3 is 12.6 Å². The number of nitrogens with one attached hydrogen (secondary N) is 1. The van der Waals surface area contributed by atoms with E-state index in [-0.39, 0.29) is 24.6 Å². The molecule has 14 heteroatoms. The minimum atomic E-state index is -3.23. The predicted octanol–water partition coefficient (Wildman–Crippen LogP) is 3.26. The molecule has 1 aromatic carbocycles. The van der Waals surface area contributed by atoms with Crippen LogP contribution in [0, 0.1) is 18.3 Å². The van der Waals surface area contributed by atoms with Gasteiger partial charge in [0.05, 0.1) is 31.1 Å². The first-order chi connectivity index (χ1) is 19.0. The zero-order valence-corrected chi connectivity index (χ0v) is 24.8. The van der Waals surface area contributed by atoms with Crippen molar-refractivity contribution in [3.05, 3.63) is 36.7 Å². The minimum Gasteiger partial charge on any atom is -0.462 e. The summed E-state index contributed by atoms with van der Waals surface area (Å²) in [6.45, 7) is 2.05. The summed E-state index contributed by atoms with van der Waals surface area (Å²) in [7, 11) is 3.70. The highest BCUT2D eigenvalue weighted by Gasteiger charge is 2.38. The van der Waals surface area contributed by atoms with E-state index in [1.807, 2.05) is 37.2 Å². The van der Waals surface area contributed by atoms with Crippen LogP contribution in [0.3, 0.4) is 0 Å². The van der Waals surface area contributed by atoms with Crippen molar-refractivity contribution in [3.63, 3.8) is 0 Å². The molecule has 1 fully saturated rings. The van der Waals surface area contributed by atoms with Crippen LogP contribution in [0.15, 0.2) is 36.7 Å². The maximum absolute atomic E-state index is 12.5. The van der Waals surface area contributed by atoms with Crippen LogP contribution in [-0.2, 0) is 30.6 Å². The Morgan fingerprint density at radius 1 is 1.32 bits per heavy atom. The highest BCUT2D eigenvalue weighted by Crippen LogP contribution is 2.47. The second-order valence-electron chi connectivity index (χ2n) is 9.82. The van der Waals surface area contributed by atoms with Gasteiger partial charge in [0, 0.05) is 14.1 Å². The summed E-state index contributed by atoms with van der Waals surface area (Å²) < 4.78 is 25.7. The van der Waals surface area contributed by atoms with Crippen LogP contribution < -0.4 is 20.2 Å². The Balaban J connectivity index is 1.53. The molecule has 4 rings (SSSR count). The molecule has 0 aliphatic carbocycles. The van der Waals surface area contributed by atoms with E-state index in [9.17, 15) is 4.79 Å². The van der Waals surface area contributed by atoms with Gasteiger partial charge in [-0.1, -0.05) is 24.1 Å². The third-order valence-corrected chi connectivity index (χ3v) is 8.48. The number of nitrogen functional groups attached to an aromatic ring is 1. The largest absolute Gasteiger partial charge is 0.462 e. The number of nitrogens with two attached hydrogens (primary N) is 1. The van der Waals surface area contributed by atoms with E-state index in [2.05, 4.69) is 26.0 Å². The number of carbonyl (C=O) groups excluding carboxylic acids is 1. The Bertz CT molecular complexity index is 1430. The lowest BCUT2D eigenvalue weighted by molar-refractivity contribution is -0.149. The Morgan fingerprint density at radius 3 is 2.70 bits per heavy atom. The quantitative estimate of drug-likeness (QED) is 0.193. The van der Waals surface area contributed by atoms with Crippen molar-refractivity contribution in [2.75, 3.05) is 31.3 Å². The molecule has 3 aromatic rings. The van der Waals surface area contributed by atoms with Gasteiger partial charge in [-0.2, -0.15) is 9.97 Å². The van der Waals surface area contributed by atoms with Crippen molar-refractivity contribution in [2.24, 2.45) is 5.92 Å². The number of imidazole rings is 1. The highest BCUT2D eigenvalue weighted by molar-refractivity contribution is 8.09. The first-order valence-electron chi connectivity index (χ1n) is 12.8. The Labute approximate surface area is 238 Å². The monoisotopic (exact) mass is 587 g/mol. The summed E-state index contributed by atoms with van der Waals surface area (Å²) in [6, 6.07) is 8.27.